The van der Waals surface area contributed by atoms with E-state index in [0.717, 1.165) is 21.0 Å². The standard InChI is InChI=1S/C15H21FIN/c1-9-3-4-11(7-10(9)2)15(18)13-6-5-12(16)8-14(13)17/h5-6,8-11,15H,3-4,7,18H2,1-2H3. The maximum absolute atomic E-state index is 13.1. The summed E-state index contributed by atoms with van der Waals surface area (Å²) >= 11 is 2.19. The van der Waals surface area contributed by atoms with Crippen LogP contribution in [-0.4, -0.2) is 0 Å². The van der Waals surface area contributed by atoms with Crippen molar-refractivity contribution in [2.45, 2.75) is 39.2 Å². The first-order valence-electron chi connectivity index (χ1n) is 6.69. The van der Waals surface area contributed by atoms with Gasteiger partial charge in [-0.15, -0.1) is 0 Å². The minimum absolute atomic E-state index is 0.0486. The van der Waals surface area contributed by atoms with Crippen LogP contribution in [-0.2, 0) is 0 Å². The molecule has 0 saturated heterocycles. The zero-order chi connectivity index (χ0) is 13.3. The molecular formula is C15H21FIN. The van der Waals surface area contributed by atoms with Crippen molar-refractivity contribution in [3.63, 3.8) is 0 Å². The summed E-state index contributed by atoms with van der Waals surface area (Å²) in [7, 11) is 0. The third kappa shape index (κ3) is 3.05. The minimum Gasteiger partial charge on any atom is -0.324 e. The zero-order valence-electron chi connectivity index (χ0n) is 11.0. The van der Waals surface area contributed by atoms with Crippen LogP contribution < -0.4 is 5.73 Å². The Bertz CT molecular complexity index is 421. The zero-order valence-corrected chi connectivity index (χ0v) is 13.2. The summed E-state index contributed by atoms with van der Waals surface area (Å²) in [5.74, 6) is 1.91. The monoisotopic (exact) mass is 361 g/mol. The lowest BCUT2D eigenvalue weighted by Crippen LogP contribution is -2.29. The molecule has 0 aliphatic heterocycles. The van der Waals surface area contributed by atoms with Crippen LogP contribution in [0.3, 0.4) is 0 Å². The molecule has 0 aromatic heterocycles. The predicted octanol–water partition coefficient (Wildman–Crippen LogP) is 4.50. The molecule has 0 bridgehead atoms. The van der Waals surface area contributed by atoms with Gasteiger partial charge in [0.15, 0.2) is 0 Å². The van der Waals surface area contributed by atoms with E-state index >= 15 is 0 Å². The highest BCUT2D eigenvalue weighted by Crippen LogP contribution is 2.39. The van der Waals surface area contributed by atoms with Gasteiger partial charge in [-0.25, -0.2) is 4.39 Å². The van der Waals surface area contributed by atoms with Gasteiger partial charge in [-0.1, -0.05) is 26.3 Å². The van der Waals surface area contributed by atoms with E-state index in [1.54, 1.807) is 6.07 Å². The van der Waals surface area contributed by atoms with Gasteiger partial charge in [0.2, 0.25) is 0 Å². The molecule has 18 heavy (non-hydrogen) atoms. The lowest BCUT2D eigenvalue weighted by molar-refractivity contribution is 0.186. The molecule has 1 saturated carbocycles. The summed E-state index contributed by atoms with van der Waals surface area (Å²) in [4.78, 5) is 0. The van der Waals surface area contributed by atoms with Crippen molar-refractivity contribution in [1.29, 1.82) is 0 Å². The Kier molecular flexibility index (Phi) is 4.64. The third-order valence-electron chi connectivity index (χ3n) is 4.47. The van der Waals surface area contributed by atoms with E-state index in [0.29, 0.717) is 5.92 Å². The second-order valence-corrected chi connectivity index (χ2v) is 6.88. The van der Waals surface area contributed by atoms with Gasteiger partial charge in [-0.2, -0.15) is 0 Å². The molecule has 2 N–H and O–H groups in total. The van der Waals surface area contributed by atoms with Crippen LogP contribution in [0.4, 0.5) is 4.39 Å². The first kappa shape index (κ1) is 14.3. The Morgan fingerprint density at radius 2 is 2.00 bits per heavy atom. The van der Waals surface area contributed by atoms with Gasteiger partial charge in [0.25, 0.3) is 0 Å². The van der Waals surface area contributed by atoms with Gasteiger partial charge in [0, 0.05) is 9.61 Å². The van der Waals surface area contributed by atoms with Crippen molar-refractivity contribution >= 4 is 22.6 Å². The van der Waals surface area contributed by atoms with Crippen LogP contribution in [0, 0.1) is 27.1 Å². The van der Waals surface area contributed by atoms with Gasteiger partial charge in [0.05, 0.1) is 0 Å². The normalized spacial score (nSPS) is 30.2. The highest BCUT2D eigenvalue weighted by Gasteiger charge is 2.29. The van der Waals surface area contributed by atoms with Crippen LogP contribution in [0.25, 0.3) is 0 Å². The van der Waals surface area contributed by atoms with Crippen LogP contribution in [0.1, 0.15) is 44.7 Å². The van der Waals surface area contributed by atoms with Gasteiger partial charge in [-0.3, -0.25) is 0 Å². The molecule has 1 aliphatic rings. The Hall–Kier alpha value is -0.160. The molecule has 0 radical (unpaired) electrons. The van der Waals surface area contributed by atoms with Crippen molar-refractivity contribution in [3.05, 3.63) is 33.1 Å². The first-order chi connectivity index (χ1) is 8.49. The number of halogens is 2. The molecule has 1 aromatic rings. The fourth-order valence-electron chi connectivity index (χ4n) is 2.94. The van der Waals surface area contributed by atoms with E-state index in [-0.39, 0.29) is 11.9 Å². The average molecular weight is 361 g/mol. The Morgan fingerprint density at radius 1 is 1.28 bits per heavy atom. The molecule has 4 unspecified atom stereocenters. The molecule has 3 heteroatoms. The highest BCUT2D eigenvalue weighted by molar-refractivity contribution is 14.1. The average Bonchev–Trinajstić information content (AvgIpc) is 2.32. The van der Waals surface area contributed by atoms with Gasteiger partial charge >= 0.3 is 0 Å². The first-order valence-corrected chi connectivity index (χ1v) is 7.77. The van der Waals surface area contributed by atoms with Crippen molar-refractivity contribution in [1.82, 2.24) is 0 Å². The lowest BCUT2D eigenvalue weighted by atomic mass is 9.72. The predicted molar refractivity (Wildman–Crippen MR) is 81.7 cm³/mol. The molecule has 0 amide bonds. The molecule has 2 rings (SSSR count). The van der Waals surface area contributed by atoms with Crippen LogP contribution in [0.5, 0.6) is 0 Å². The van der Waals surface area contributed by atoms with Crippen LogP contribution >= 0.6 is 22.6 Å². The fourth-order valence-corrected chi connectivity index (χ4v) is 3.78. The Labute approximate surface area is 122 Å². The van der Waals surface area contributed by atoms with E-state index in [1.807, 2.05) is 6.07 Å². The van der Waals surface area contributed by atoms with Gasteiger partial charge in [0.1, 0.15) is 5.82 Å². The van der Waals surface area contributed by atoms with Gasteiger partial charge in [-0.05, 0) is 70.9 Å². The highest BCUT2D eigenvalue weighted by atomic mass is 127. The molecule has 1 fully saturated rings. The number of hydrogen-bond acceptors (Lipinski definition) is 1. The van der Waals surface area contributed by atoms with Crippen molar-refractivity contribution < 1.29 is 4.39 Å². The molecule has 1 aromatic carbocycles. The maximum Gasteiger partial charge on any atom is 0.124 e. The third-order valence-corrected chi connectivity index (χ3v) is 5.40. The van der Waals surface area contributed by atoms with Gasteiger partial charge < -0.3 is 5.73 Å². The maximum atomic E-state index is 13.1. The molecule has 1 aliphatic carbocycles. The largest absolute Gasteiger partial charge is 0.324 e. The van der Waals surface area contributed by atoms with E-state index < -0.39 is 0 Å². The molecule has 0 heterocycles. The second kappa shape index (κ2) is 5.87. The van der Waals surface area contributed by atoms with E-state index in [9.17, 15) is 4.39 Å². The minimum atomic E-state index is -0.180. The molecule has 0 spiro atoms. The van der Waals surface area contributed by atoms with E-state index in [2.05, 4.69) is 36.4 Å². The number of benzene rings is 1. The van der Waals surface area contributed by atoms with E-state index in [1.165, 1.54) is 25.3 Å². The smallest absolute Gasteiger partial charge is 0.124 e. The lowest BCUT2D eigenvalue weighted by Gasteiger charge is -2.35. The summed E-state index contributed by atoms with van der Waals surface area (Å²) < 4.78 is 14.1. The molecule has 1 nitrogen and oxygen atoms in total. The summed E-state index contributed by atoms with van der Waals surface area (Å²) in [5, 5.41) is 0. The quantitative estimate of drug-likeness (QED) is 0.771. The topological polar surface area (TPSA) is 26.0 Å². The van der Waals surface area contributed by atoms with Crippen LogP contribution in [0.2, 0.25) is 0 Å². The SMILES string of the molecule is CC1CCC(C(N)c2ccc(F)cc2I)CC1C. The Balaban J connectivity index is 2.13. The summed E-state index contributed by atoms with van der Waals surface area (Å²) in [6, 6.07) is 4.99. The summed E-state index contributed by atoms with van der Waals surface area (Å²) in [6.45, 7) is 4.65. The second-order valence-electron chi connectivity index (χ2n) is 5.72. The summed E-state index contributed by atoms with van der Waals surface area (Å²) in [5.41, 5.74) is 7.50. The van der Waals surface area contributed by atoms with Crippen molar-refractivity contribution in [2.24, 2.45) is 23.5 Å². The molecule has 4 atom stereocenters. The molecular weight excluding hydrogens is 340 g/mol. The number of hydrogen-bond donors (Lipinski definition) is 1. The van der Waals surface area contributed by atoms with Crippen LogP contribution in [0.15, 0.2) is 18.2 Å². The van der Waals surface area contributed by atoms with E-state index in [4.69, 9.17) is 5.73 Å². The molecule has 100 valence electrons. The Morgan fingerprint density at radius 3 is 2.61 bits per heavy atom. The fraction of sp³-hybridized carbons (Fsp3) is 0.600. The van der Waals surface area contributed by atoms with Crippen molar-refractivity contribution in [3.8, 4) is 0 Å². The number of nitrogens with two attached hydrogens (primary N) is 1. The summed E-state index contributed by atoms with van der Waals surface area (Å²) in [6.07, 6.45) is 3.65. The number of rotatable bonds is 2. The van der Waals surface area contributed by atoms with Crippen molar-refractivity contribution in [2.75, 3.05) is 0 Å².